The molecule has 2 aromatic carbocycles. The van der Waals surface area contributed by atoms with Gasteiger partial charge in [0.15, 0.2) is 0 Å². The Balaban J connectivity index is 1.73. The Morgan fingerprint density at radius 1 is 0.969 bits per heavy atom. The van der Waals surface area contributed by atoms with Crippen molar-refractivity contribution in [2.24, 2.45) is 5.92 Å². The van der Waals surface area contributed by atoms with Crippen molar-refractivity contribution >= 4 is 11.9 Å². The second kappa shape index (κ2) is 9.04. The number of carbonyl (C=O) groups excluding carboxylic acids is 2. The molecule has 2 fully saturated rings. The molecule has 0 bridgehead atoms. The van der Waals surface area contributed by atoms with Gasteiger partial charge in [-0.3, -0.25) is 19.4 Å². The van der Waals surface area contributed by atoms with Gasteiger partial charge in [0, 0.05) is 19.1 Å². The van der Waals surface area contributed by atoms with Crippen molar-refractivity contribution in [3.8, 4) is 0 Å². The van der Waals surface area contributed by atoms with Crippen molar-refractivity contribution in [2.45, 2.75) is 57.6 Å². The fourth-order valence-electron chi connectivity index (χ4n) is 5.03. The van der Waals surface area contributed by atoms with Gasteiger partial charge in [0.2, 0.25) is 0 Å². The van der Waals surface area contributed by atoms with Crippen LogP contribution < -0.4 is 0 Å². The van der Waals surface area contributed by atoms with E-state index in [-0.39, 0.29) is 24.1 Å². The van der Waals surface area contributed by atoms with E-state index in [1.54, 1.807) is 0 Å². The molecule has 32 heavy (non-hydrogen) atoms. The molecule has 0 amide bonds. The molecule has 2 heterocycles. The fraction of sp³-hybridized carbons (Fsp3) is 0.462. The van der Waals surface area contributed by atoms with Gasteiger partial charge in [0.1, 0.15) is 11.6 Å². The number of nitrogens with zero attached hydrogens (tertiary/aromatic N) is 2. The first-order valence-electron chi connectivity index (χ1n) is 11.2. The summed E-state index contributed by atoms with van der Waals surface area (Å²) in [5, 5.41) is 0. The van der Waals surface area contributed by atoms with Crippen molar-refractivity contribution in [3.63, 3.8) is 0 Å². The van der Waals surface area contributed by atoms with Gasteiger partial charge >= 0.3 is 11.9 Å². The Hall–Kier alpha value is -2.70. The van der Waals surface area contributed by atoms with Crippen LogP contribution in [0.2, 0.25) is 0 Å². The third kappa shape index (κ3) is 4.57. The number of rotatable bonds is 5. The maximum Gasteiger partial charge on any atom is 0.323 e. The van der Waals surface area contributed by atoms with Gasteiger partial charge in [-0.1, -0.05) is 60.7 Å². The van der Waals surface area contributed by atoms with Gasteiger partial charge in [-0.05, 0) is 38.3 Å². The lowest BCUT2D eigenvalue weighted by molar-refractivity contribution is -0.161. The normalized spacial score (nSPS) is 26.0. The summed E-state index contributed by atoms with van der Waals surface area (Å²) in [5.41, 5.74) is 1.71. The number of esters is 2. The second-order valence-corrected chi connectivity index (χ2v) is 9.62. The molecule has 0 unspecified atom stereocenters. The van der Waals surface area contributed by atoms with Gasteiger partial charge in [-0.2, -0.15) is 0 Å². The first-order chi connectivity index (χ1) is 15.3. The highest BCUT2D eigenvalue weighted by Gasteiger charge is 2.57. The number of ether oxygens (including phenoxy) is 2. The molecule has 0 spiro atoms. The quantitative estimate of drug-likeness (QED) is 0.665. The predicted molar refractivity (Wildman–Crippen MR) is 121 cm³/mol. The minimum atomic E-state index is -0.596. The molecule has 0 radical (unpaired) electrons. The molecule has 0 aromatic heterocycles. The van der Waals surface area contributed by atoms with Gasteiger partial charge in [0.05, 0.1) is 19.2 Å². The molecule has 0 aliphatic carbocycles. The SMILES string of the molecule is COC(=O)[C@@H]1C[C@@H](C(=O)OC(C)(C)C)N2[C@@H](c3ccccc3)CN(Cc3ccccc3)[C@H]12. The summed E-state index contributed by atoms with van der Waals surface area (Å²) in [6.07, 6.45) is 0.159. The van der Waals surface area contributed by atoms with Crippen LogP contribution in [0.1, 0.15) is 44.4 Å². The molecule has 2 aromatic rings. The highest BCUT2D eigenvalue weighted by molar-refractivity contribution is 5.81. The van der Waals surface area contributed by atoms with Crippen molar-refractivity contribution in [1.29, 1.82) is 0 Å². The van der Waals surface area contributed by atoms with E-state index in [4.69, 9.17) is 9.47 Å². The van der Waals surface area contributed by atoms with Crippen molar-refractivity contribution in [1.82, 2.24) is 9.80 Å². The van der Waals surface area contributed by atoms with Crippen molar-refractivity contribution < 1.29 is 19.1 Å². The Morgan fingerprint density at radius 3 is 2.19 bits per heavy atom. The average Bonchev–Trinajstić information content (AvgIpc) is 3.33. The summed E-state index contributed by atoms with van der Waals surface area (Å²) in [6.45, 7) is 7.02. The lowest BCUT2D eigenvalue weighted by Gasteiger charge is -2.32. The summed E-state index contributed by atoms with van der Waals surface area (Å²) in [5.74, 6) is -0.982. The summed E-state index contributed by atoms with van der Waals surface area (Å²) >= 11 is 0. The third-order valence-corrected chi connectivity index (χ3v) is 6.24. The van der Waals surface area contributed by atoms with Crippen LogP contribution in [0, 0.1) is 5.92 Å². The maximum absolute atomic E-state index is 13.3. The second-order valence-electron chi connectivity index (χ2n) is 9.62. The monoisotopic (exact) mass is 436 g/mol. The van der Waals surface area contributed by atoms with E-state index in [1.807, 2.05) is 57.2 Å². The Morgan fingerprint density at radius 2 is 1.59 bits per heavy atom. The van der Waals surface area contributed by atoms with E-state index >= 15 is 0 Å². The van der Waals surface area contributed by atoms with Crippen LogP contribution in [-0.4, -0.2) is 53.2 Å². The van der Waals surface area contributed by atoms with Crippen LogP contribution in [0.15, 0.2) is 60.7 Å². The van der Waals surface area contributed by atoms with Crippen molar-refractivity contribution in [2.75, 3.05) is 13.7 Å². The molecule has 2 saturated heterocycles. The third-order valence-electron chi connectivity index (χ3n) is 6.24. The van der Waals surface area contributed by atoms with Gasteiger partial charge in [0.25, 0.3) is 0 Å². The molecule has 4 rings (SSSR count). The summed E-state index contributed by atoms with van der Waals surface area (Å²) in [7, 11) is 1.42. The lowest BCUT2D eigenvalue weighted by Crippen LogP contribution is -2.45. The van der Waals surface area contributed by atoms with E-state index < -0.39 is 17.6 Å². The Kier molecular flexibility index (Phi) is 6.35. The molecule has 0 N–H and O–H groups in total. The van der Waals surface area contributed by atoms with Crippen LogP contribution in [0.5, 0.6) is 0 Å². The Labute approximate surface area is 190 Å². The zero-order valence-corrected chi connectivity index (χ0v) is 19.2. The number of hydrogen-bond acceptors (Lipinski definition) is 6. The van der Waals surface area contributed by atoms with Crippen LogP contribution >= 0.6 is 0 Å². The largest absolute Gasteiger partial charge is 0.469 e. The van der Waals surface area contributed by atoms with E-state index in [0.717, 1.165) is 12.1 Å². The first-order valence-corrected chi connectivity index (χ1v) is 11.2. The van der Waals surface area contributed by atoms with Crippen LogP contribution in [0.3, 0.4) is 0 Å². The lowest BCUT2D eigenvalue weighted by atomic mass is 10.0. The minimum Gasteiger partial charge on any atom is -0.469 e. The molecule has 170 valence electrons. The zero-order chi connectivity index (χ0) is 22.9. The molecular formula is C26H32N2O4. The molecule has 6 nitrogen and oxygen atoms in total. The topological polar surface area (TPSA) is 59.1 Å². The highest BCUT2D eigenvalue weighted by atomic mass is 16.6. The van der Waals surface area contributed by atoms with Gasteiger partial charge in [-0.25, -0.2) is 0 Å². The van der Waals surface area contributed by atoms with Crippen LogP contribution in [0.4, 0.5) is 0 Å². The number of carbonyl (C=O) groups is 2. The molecule has 0 saturated carbocycles. The molecular weight excluding hydrogens is 404 g/mol. The fourth-order valence-corrected chi connectivity index (χ4v) is 5.03. The van der Waals surface area contributed by atoms with Gasteiger partial charge in [-0.15, -0.1) is 0 Å². The molecule has 6 heteroatoms. The molecule has 4 atom stereocenters. The summed E-state index contributed by atoms with van der Waals surface area (Å²) < 4.78 is 10.9. The predicted octanol–water partition coefficient (Wildman–Crippen LogP) is 3.77. The Bertz CT molecular complexity index is 941. The highest BCUT2D eigenvalue weighted by Crippen LogP contribution is 2.46. The maximum atomic E-state index is 13.3. The van der Waals surface area contributed by atoms with Gasteiger partial charge < -0.3 is 9.47 Å². The minimum absolute atomic E-state index is 0.0166. The van der Waals surface area contributed by atoms with E-state index in [2.05, 4.69) is 34.1 Å². The smallest absolute Gasteiger partial charge is 0.323 e. The number of methoxy groups -OCH3 is 1. The summed E-state index contributed by atoms with van der Waals surface area (Å²) in [6, 6.07) is 19.9. The average molecular weight is 437 g/mol. The van der Waals surface area contributed by atoms with E-state index in [9.17, 15) is 9.59 Å². The summed E-state index contributed by atoms with van der Waals surface area (Å²) in [4.78, 5) is 30.6. The molecule has 2 aliphatic rings. The first kappa shape index (κ1) is 22.5. The van der Waals surface area contributed by atoms with Crippen LogP contribution in [0.25, 0.3) is 0 Å². The van der Waals surface area contributed by atoms with E-state index in [0.29, 0.717) is 13.0 Å². The molecule has 2 aliphatic heterocycles. The number of hydrogen-bond donors (Lipinski definition) is 0. The number of benzene rings is 2. The van der Waals surface area contributed by atoms with E-state index in [1.165, 1.54) is 12.7 Å². The number of fused-ring (bicyclic) bond motifs is 1. The van der Waals surface area contributed by atoms with Crippen LogP contribution in [-0.2, 0) is 25.6 Å². The zero-order valence-electron chi connectivity index (χ0n) is 19.2. The van der Waals surface area contributed by atoms with Crippen molar-refractivity contribution in [3.05, 3.63) is 71.8 Å². The standard InChI is InChI=1S/C26H32N2O4/c1-26(2,3)32-25(30)21-15-20(24(29)31-4)23-27(16-18-11-7-5-8-12-18)17-22(28(21)23)19-13-9-6-10-14-19/h5-14,20-23H,15-17H2,1-4H3/t20-,21+,22-,23+/m1/s1.